The number of benzene rings is 2. The SMILES string of the molecule is CC1CC(=O)Oc2c(ccc3c(O)cccc23)C1. The van der Waals surface area contributed by atoms with Crippen LogP contribution in [0.15, 0.2) is 30.3 Å². The molecule has 0 radical (unpaired) electrons. The molecule has 0 fully saturated rings. The number of carbonyl (C=O) groups is 1. The Kier molecular flexibility index (Phi) is 2.47. The molecule has 1 heterocycles. The van der Waals surface area contributed by atoms with Gasteiger partial charge in [0.1, 0.15) is 11.5 Å². The highest BCUT2D eigenvalue weighted by Crippen LogP contribution is 2.37. The number of carbonyl (C=O) groups excluding carboxylic acids is 1. The number of hydrogen-bond donors (Lipinski definition) is 1. The number of rotatable bonds is 0. The van der Waals surface area contributed by atoms with Gasteiger partial charge in [-0.15, -0.1) is 0 Å². The first-order chi connectivity index (χ1) is 8.65. The smallest absolute Gasteiger partial charge is 0.311 e. The van der Waals surface area contributed by atoms with Crippen LogP contribution in [-0.4, -0.2) is 11.1 Å². The van der Waals surface area contributed by atoms with Crippen LogP contribution in [0.25, 0.3) is 10.8 Å². The van der Waals surface area contributed by atoms with E-state index in [2.05, 4.69) is 0 Å². The van der Waals surface area contributed by atoms with Crippen LogP contribution in [0.5, 0.6) is 11.5 Å². The van der Waals surface area contributed by atoms with Crippen LogP contribution >= 0.6 is 0 Å². The summed E-state index contributed by atoms with van der Waals surface area (Å²) in [6, 6.07) is 9.09. The van der Waals surface area contributed by atoms with E-state index in [1.807, 2.05) is 25.1 Å². The predicted molar refractivity (Wildman–Crippen MR) is 68.7 cm³/mol. The van der Waals surface area contributed by atoms with Crippen LogP contribution in [0.2, 0.25) is 0 Å². The van der Waals surface area contributed by atoms with E-state index in [1.165, 1.54) is 0 Å². The van der Waals surface area contributed by atoms with Crippen molar-refractivity contribution < 1.29 is 14.6 Å². The van der Waals surface area contributed by atoms with Crippen molar-refractivity contribution in [2.45, 2.75) is 19.8 Å². The summed E-state index contributed by atoms with van der Waals surface area (Å²) >= 11 is 0. The standard InChI is InChI=1S/C15H14O3/c1-9-7-10-5-6-11-12(3-2-4-13(11)16)15(10)18-14(17)8-9/h2-6,9,16H,7-8H2,1H3. The van der Waals surface area contributed by atoms with Gasteiger partial charge in [0.15, 0.2) is 0 Å². The van der Waals surface area contributed by atoms with E-state index in [0.717, 1.165) is 22.8 Å². The Hall–Kier alpha value is -2.03. The van der Waals surface area contributed by atoms with E-state index in [1.54, 1.807) is 12.1 Å². The van der Waals surface area contributed by atoms with Crippen molar-refractivity contribution in [3.63, 3.8) is 0 Å². The third-order valence-corrected chi connectivity index (χ3v) is 3.37. The van der Waals surface area contributed by atoms with Crippen LogP contribution < -0.4 is 4.74 Å². The van der Waals surface area contributed by atoms with Gasteiger partial charge < -0.3 is 9.84 Å². The average molecular weight is 242 g/mol. The Morgan fingerprint density at radius 2 is 2.00 bits per heavy atom. The molecule has 0 aliphatic carbocycles. The lowest BCUT2D eigenvalue weighted by atomic mass is 9.96. The highest BCUT2D eigenvalue weighted by molar-refractivity contribution is 5.95. The van der Waals surface area contributed by atoms with Gasteiger partial charge in [0.25, 0.3) is 0 Å². The fourth-order valence-electron chi connectivity index (χ4n) is 2.53. The summed E-state index contributed by atoms with van der Waals surface area (Å²) < 4.78 is 5.45. The van der Waals surface area contributed by atoms with Gasteiger partial charge in [-0.1, -0.05) is 31.2 Å². The quantitative estimate of drug-likeness (QED) is 0.570. The Morgan fingerprint density at radius 3 is 2.83 bits per heavy atom. The molecule has 1 aliphatic rings. The summed E-state index contributed by atoms with van der Waals surface area (Å²) in [5.74, 6) is 0.909. The van der Waals surface area contributed by atoms with Gasteiger partial charge >= 0.3 is 5.97 Å². The highest BCUT2D eigenvalue weighted by Gasteiger charge is 2.22. The number of aromatic hydroxyl groups is 1. The molecule has 2 aromatic rings. The van der Waals surface area contributed by atoms with Crippen LogP contribution in [-0.2, 0) is 11.2 Å². The Labute approximate surface area is 105 Å². The fourth-order valence-corrected chi connectivity index (χ4v) is 2.53. The second-order valence-electron chi connectivity index (χ2n) is 4.91. The molecular weight excluding hydrogens is 228 g/mol. The molecule has 1 aliphatic heterocycles. The number of ether oxygens (including phenoxy) is 1. The van der Waals surface area contributed by atoms with Crippen molar-refractivity contribution in [3.05, 3.63) is 35.9 Å². The van der Waals surface area contributed by atoms with Gasteiger partial charge in [0.05, 0.1) is 0 Å². The number of fused-ring (bicyclic) bond motifs is 3. The van der Waals surface area contributed by atoms with Crippen LogP contribution in [0.4, 0.5) is 0 Å². The maximum absolute atomic E-state index is 11.7. The predicted octanol–water partition coefficient (Wildman–Crippen LogP) is 3.03. The van der Waals surface area contributed by atoms with Crippen molar-refractivity contribution in [3.8, 4) is 11.5 Å². The van der Waals surface area contributed by atoms with Gasteiger partial charge in [-0.05, 0) is 24.0 Å². The Bertz CT molecular complexity index is 631. The Morgan fingerprint density at radius 1 is 1.17 bits per heavy atom. The topological polar surface area (TPSA) is 46.5 Å². The molecule has 3 nitrogen and oxygen atoms in total. The summed E-state index contributed by atoms with van der Waals surface area (Å²) in [6.45, 7) is 2.04. The molecule has 0 saturated carbocycles. The first-order valence-corrected chi connectivity index (χ1v) is 6.09. The molecular formula is C15H14O3. The molecule has 3 rings (SSSR count). The van der Waals surface area contributed by atoms with E-state index in [0.29, 0.717) is 12.2 Å². The Balaban J connectivity index is 2.28. The van der Waals surface area contributed by atoms with E-state index < -0.39 is 0 Å². The summed E-state index contributed by atoms with van der Waals surface area (Å²) in [5.41, 5.74) is 1.03. The average Bonchev–Trinajstić information content (AvgIpc) is 2.46. The molecule has 18 heavy (non-hydrogen) atoms. The summed E-state index contributed by atoms with van der Waals surface area (Å²) in [6.07, 6.45) is 1.27. The van der Waals surface area contributed by atoms with Gasteiger partial charge in [-0.3, -0.25) is 4.79 Å². The van der Waals surface area contributed by atoms with Crippen LogP contribution in [0.1, 0.15) is 18.9 Å². The fraction of sp³-hybridized carbons (Fsp3) is 0.267. The van der Waals surface area contributed by atoms with Gasteiger partial charge in [-0.2, -0.15) is 0 Å². The lowest BCUT2D eigenvalue weighted by molar-refractivity contribution is -0.134. The van der Waals surface area contributed by atoms with E-state index in [-0.39, 0.29) is 17.6 Å². The van der Waals surface area contributed by atoms with Crippen molar-refractivity contribution >= 4 is 16.7 Å². The third-order valence-electron chi connectivity index (χ3n) is 3.37. The van der Waals surface area contributed by atoms with E-state index in [4.69, 9.17) is 4.74 Å². The molecule has 0 saturated heterocycles. The molecule has 2 aromatic carbocycles. The van der Waals surface area contributed by atoms with Gasteiger partial charge in [-0.25, -0.2) is 0 Å². The second kappa shape index (κ2) is 4.02. The second-order valence-corrected chi connectivity index (χ2v) is 4.91. The number of hydrogen-bond acceptors (Lipinski definition) is 3. The largest absolute Gasteiger partial charge is 0.507 e. The highest BCUT2D eigenvalue weighted by atomic mass is 16.5. The maximum atomic E-state index is 11.7. The lowest BCUT2D eigenvalue weighted by Crippen LogP contribution is -2.09. The van der Waals surface area contributed by atoms with Crippen LogP contribution in [0, 0.1) is 5.92 Å². The van der Waals surface area contributed by atoms with Gasteiger partial charge in [0, 0.05) is 17.2 Å². The van der Waals surface area contributed by atoms with E-state index >= 15 is 0 Å². The van der Waals surface area contributed by atoms with Crippen molar-refractivity contribution in [1.82, 2.24) is 0 Å². The van der Waals surface area contributed by atoms with Crippen molar-refractivity contribution in [2.75, 3.05) is 0 Å². The number of esters is 1. The maximum Gasteiger partial charge on any atom is 0.311 e. The monoisotopic (exact) mass is 242 g/mol. The molecule has 92 valence electrons. The third kappa shape index (κ3) is 1.72. The normalized spacial score (nSPS) is 19.2. The summed E-state index contributed by atoms with van der Waals surface area (Å²) in [5, 5.41) is 11.3. The molecule has 0 aromatic heterocycles. The molecule has 0 spiro atoms. The minimum absolute atomic E-state index is 0.197. The minimum Gasteiger partial charge on any atom is -0.507 e. The summed E-state index contributed by atoms with van der Waals surface area (Å²) in [4.78, 5) is 11.7. The lowest BCUT2D eigenvalue weighted by Gasteiger charge is -2.10. The molecule has 0 bridgehead atoms. The number of phenols is 1. The van der Waals surface area contributed by atoms with Crippen molar-refractivity contribution in [2.24, 2.45) is 5.92 Å². The van der Waals surface area contributed by atoms with Crippen LogP contribution in [0.3, 0.4) is 0 Å². The molecule has 3 heteroatoms. The van der Waals surface area contributed by atoms with Gasteiger partial charge in [0.2, 0.25) is 0 Å². The molecule has 0 amide bonds. The van der Waals surface area contributed by atoms with Crippen molar-refractivity contribution in [1.29, 1.82) is 0 Å². The molecule has 1 atom stereocenters. The first kappa shape index (κ1) is 11.1. The van der Waals surface area contributed by atoms with E-state index in [9.17, 15) is 9.90 Å². The summed E-state index contributed by atoms with van der Waals surface area (Å²) in [7, 11) is 0. The molecule has 1 N–H and O–H groups in total. The molecule has 1 unspecified atom stereocenters. The zero-order chi connectivity index (χ0) is 12.7. The zero-order valence-electron chi connectivity index (χ0n) is 10.1. The zero-order valence-corrected chi connectivity index (χ0v) is 10.1. The minimum atomic E-state index is -0.197. The number of phenolic OH excluding ortho intramolecular Hbond substituents is 1. The first-order valence-electron chi connectivity index (χ1n) is 6.09.